The summed E-state index contributed by atoms with van der Waals surface area (Å²) in [4.78, 5) is 12.1. The molecule has 2 rings (SSSR count). The van der Waals surface area contributed by atoms with Gasteiger partial charge in [-0.2, -0.15) is 0 Å². The Kier molecular flexibility index (Phi) is 5.47. The maximum absolute atomic E-state index is 14.2. The van der Waals surface area contributed by atoms with Crippen molar-refractivity contribution < 1.29 is 9.13 Å². The number of aromatic nitrogens is 1. The Hall–Kier alpha value is -1.72. The summed E-state index contributed by atoms with van der Waals surface area (Å²) in [5.74, 6) is -0.267. The van der Waals surface area contributed by atoms with Crippen molar-refractivity contribution in [2.75, 3.05) is 26.8 Å². The Morgan fingerprint density at radius 3 is 2.76 bits per heavy atom. The van der Waals surface area contributed by atoms with E-state index in [1.165, 1.54) is 12.1 Å². The van der Waals surface area contributed by atoms with E-state index in [4.69, 9.17) is 4.74 Å². The number of hydrogen-bond donors (Lipinski definition) is 1. The van der Waals surface area contributed by atoms with E-state index in [1.54, 1.807) is 23.8 Å². The second kappa shape index (κ2) is 7.33. The zero-order chi connectivity index (χ0) is 15.2. The maximum Gasteiger partial charge on any atom is 0.251 e. The molecule has 0 atom stereocenters. The molecule has 0 aliphatic rings. The van der Waals surface area contributed by atoms with Gasteiger partial charge in [-0.25, -0.2) is 4.39 Å². The van der Waals surface area contributed by atoms with E-state index in [-0.39, 0.29) is 11.4 Å². The molecule has 0 radical (unpaired) electrons. The highest BCUT2D eigenvalue weighted by molar-refractivity contribution is 5.82. The van der Waals surface area contributed by atoms with Crippen LogP contribution in [0.2, 0.25) is 0 Å². The molecule has 5 heteroatoms. The van der Waals surface area contributed by atoms with Gasteiger partial charge in [-0.1, -0.05) is 6.92 Å². The SMILES string of the molecule is CCNCCc1c(F)ccc2ccc(=O)n(CCOC)c12. The van der Waals surface area contributed by atoms with E-state index < -0.39 is 0 Å². The molecule has 0 spiro atoms. The van der Waals surface area contributed by atoms with Crippen molar-refractivity contribution >= 4 is 10.9 Å². The van der Waals surface area contributed by atoms with Gasteiger partial charge in [-0.3, -0.25) is 4.79 Å². The van der Waals surface area contributed by atoms with Crippen molar-refractivity contribution in [1.29, 1.82) is 0 Å². The zero-order valence-corrected chi connectivity index (χ0v) is 12.5. The normalized spacial score (nSPS) is 11.2. The van der Waals surface area contributed by atoms with Crippen LogP contribution in [0.4, 0.5) is 4.39 Å². The smallest absolute Gasteiger partial charge is 0.251 e. The van der Waals surface area contributed by atoms with Crippen LogP contribution >= 0.6 is 0 Å². The summed E-state index contributed by atoms with van der Waals surface area (Å²) in [7, 11) is 1.59. The lowest BCUT2D eigenvalue weighted by Gasteiger charge is -2.14. The first kappa shape index (κ1) is 15.7. The number of hydrogen-bond acceptors (Lipinski definition) is 3. The van der Waals surface area contributed by atoms with Crippen molar-refractivity contribution in [3.05, 3.63) is 46.0 Å². The van der Waals surface area contributed by atoms with E-state index in [0.29, 0.717) is 37.2 Å². The van der Waals surface area contributed by atoms with Gasteiger partial charge in [0, 0.05) is 25.3 Å². The Balaban J connectivity index is 2.55. The number of ether oxygens (including phenoxy) is 1. The first-order chi connectivity index (χ1) is 10.2. The van der Waals surface area contributed by atoms with Crippen molar-refractivity contribution in [1.82, 2.24) is 9.88 Å². The zero-order valence-electron chi connectivity index (χ0n) is 12.5. The Labute approximate surface area is 123 Å². The van der Waals surface area contributed by atoms with Crippen LogP contribution in [0, 0.1) is 5.82 Å². The summed E-state index contributed by atoms with van der Waals surface area (Å²) in [5, 5.41) is 4.06. The largest absolute Gasteiger partial charge is 0.383 e. The summed E-state index contributed by atoms with van der Waals surface area (Å²) in [6.45, 7) is 4.36. The van der Waals surface area contributed by atoms with E-state index in [0.717, 1.165) is 11.9 Å². The molecule has 0 aliphatic heterocycles. The topological polar surface area (TPSA) is 43.3 Å². The van der Waals surface area contributed by atoms with Gasteiger partial charge in [0.1, 0.15) is 5.82 Å². The molecule has 2 aromatic rings. The average Bonchev–Trinajstić information content (AvgIpc) is 2.48. The molecular formula is C16H21FN2O2. The van der Waals surface area contributed by atoms with Crippen LogP contribution in [-0.4, -0.2) is 31.4 Å². The van der Waals surface area contributed by atoms with E-state index in [2.05, 4.69) is 5.32 Å². The maximum atomic E-state index is 14.2. The number of halogens is 1. The molecule has 0 aliphatic carbocycles. The third-order valence-electron chi connectivity index (χ3n) is 3.52. The first-order valence-electron chi connectivity index (χ1n) is 7.19. The lowest BCUT2D eigenvalue weighted by atomic mass is 10.1. The predicted octanol–water partition coefficient (Wildman–Crippen LogP) is 1.94. The number of nitrogens with one attached hydrogen (secondary N) is 1. The van der Waals surface area contributed by atoms with Gasteiger partial charge in [-0.05, 0) is 43.1 Å². The fourth-order valence-corrected chi connectivity index (χ4v) is 2.48. The number of rotatable bonds is 7. The molecular weight excluding hydrogens is 271 g/mol. The lowest BCUT2D eigenvalue weighted by molar-refractivity contribution is 0.187. The van der Waals surface area contributed by atoms with Crippen LogP contribution < -0.4 is 10.9 Å². The number of methoxy groups -OCH3 is 1. The highest BCUT2D eigenvalue weighted by Gasteiger charge is 2.12. The molecule has 0 bridgehead atoms. The summed E-state index contributed by atoms with van der Waals surface area (Å²) in [6.07, 6.45) is 0.549. The van der Waals surface area contributed by atoms with Gasteiger partial charge in [0.05, 0.1) is 12.1 Å². The van der Waals surface area contributed by atoms with Gasteiger partial charge in [0.2, 0.25) is 0 Å². The first-order valence-corrected chi connectivity index (χ1v) is 7.19. The van der Waals surface area contributed by atoms with Gasteiger partial charge in [0.25, 0.3) is 5.56 Å². The van der Waals surface area contributed by atoms with Gasteiger partial charge >= 0.3 is 0 Å². The molecule has 1 N–H and O–H groups in total. The second-order valence-electron chi connectivity index (χ2n) is 4.88. The highest BCUT2D eigenvalue weighted by Crippen LogP contribution is 2.21. The number of pyridine rings is 1. The van der Waals surface area contributed by atoms with Crippen LogP contribution in [0.3, 0.4) is 0 Å². The molecule has 114 valence electrons. The third-order valence-corrected chi connectivity index (χ3v) is 3.52. The van der Waals surface area contributed by atoms with Crippen molar-refractivity contribution in [3.8, 4) is 0 Å². The van der Waals surface area contributed by atoms with Crippen LogP contribution in [0.5, 0.6) is 0 Å². The van der Waals surface area contributed by atoms with Crippen molar-refractivity contribution in [2.24, 2.45) is 0 Å². The number of fused-ring (bicyclic) bond motifs is 1. The summed E-state index contributed by atoms with van der Waals surface area (Å²) < 4.78 is 20.9. The molecule has 0 saturated carbocycles. The fraction of sp³-hybridized carbons (Fsp3) is 0.438. The summed E-state index contributed by atoms with van der Waals surface area (Å²) in [5.41, 5.74) is 1.13. The van der Waals surface area contributed by atoms with Crippen LogP contribution in [-0.2, 0) is 17.7 Å². The fourth-order valence-electron chi connectivity index (χ4n) is 2.48. The second-order valence-corrected chi connectivity index (χ2v) is 4.88. The number of likely N-dealkylation sites (N-methyl/N-ethyl adjacent to an activating group) is 1. The van der Waals surface area contributed by atoms with E-state index in [9.17, 15) is 9.18 Å². The Morgan fingerprint density at radius 2 is 2.05 bits per heavy atom. The van der Waals surface area contributed by atoms with E-state index >= 15 is 0 Å². The van der Waals surface area contributed by atoms with Gasteiger partial charge < -0.3 is 14.6 Å². The average molecular weight is 292 g/mol. The standard InChI is InChI=1S/C16H21FN2O2/c1-3-18-9-8-13-14(17)6-4-12-5-7-15(20)19(16(12)13)10-11-21-2/h4-7,18H,3,8-11H2,1-2H3. The molecule has 1 aromatic heterocycles. The predicted molar refractivity (Wildman–Crippen MR) is 82.3 cm³/mol. The molecule has 0 fully saturated rings. The summed E-state index contributed by atoms with van der Waals surface area (Å²) >= 11 is 0. The Bertz CT molecular complexity index is 667. The monoisotopic (exact) mass is 292 g/mol. The minimum atomic E-state index is -0.267. The van der Waals surface area contributed by atoms with E-state index in [1.807, 2.05) is 6.92 Å². The molecule has 0 unspecified atom stereocenters. The summed E-state index contributed by atoms with van der Waals surface area (Å²) in [6, 6.07) is 6.44. The Morgan fingerprint density at radius 1 is 1.29 bits per heavy atom. The molecule has 0 amide bonds. The number of nitrogens with zero attached hydrogens (tertiary/aromatic N) is 1. The lowest BCUT2D eigenvalue weighted by Crippen LogP contribution is -2.24. The minimum absolute atomic E-state index is 0.130. The minimum Gasteiger partial charge on any atom is -0.383 e. The molecule has 1 aromatic carbocycles. The quantitative estimate of drug-likeness (QED) is 0.793. The highest BCUT2D eigenvalue weighted by atomic mass is 19.1. The molecule has 4 nitrogen and oxygen atoms in total. The van der Waals surface area contributed by atoms with Crippen LogP contribution in [0.1, 0.15) is 12.5 Å². The molecule has 1 heterocycles. The molecule has 0 saturated heterocycles. The van der Waals surface area contributed by atoms with Crippen molar-refractivity contribution in [3.63, 3.8) is 0 Å². The van der Waals surface area contributed by atoms with Crippen LogP contribution in [0.15, 0.2) is 29.1 Å². The number of benzene rings is 1. The van der Waals surface area contributed by atoms with Crippen molar-refractivity contribution in [2.45, 2.75) is 19.9 Å². The van der Waals surface area contributed by atoms with Gasteiger partial charge in [0.15, 0.2) is 0 Å². The van der Waals surface area contributed by atoms with Crippen LogP contribution in [0.25, 0.3) is 10.9 Å². The molecule has 21 heavy (non-hydrogen) atoms. The van der Waals surface area contributed by atoms with Gasteiger partial charge in [-0.15, -0.1) is 0 Å². The third kappa shape index (κ3) is 3.49.